The highest BCUT2D eigenvalue weighted by Crippen LogP contribution is 2.31. The van der Waals surface area contributed by atoms with Crippen LogP contribution in [0.5, 0.6) is 0 Å². The van der Waals surface area contributed by atoms with Crippen molar-refractivity contribution < 1.29 is 13.2 Å². The molecule has 0 aliphatic rings. The maximum Gasteiger partial charge on any atom is 0.416 e. The van der Waals surface area contributed by atoms with Crippen LogP contribution >= 0.6 is 11.8 Å². The van der Waals surface area contributed by atoms with Crippen LogP contribution in [0.25, 0.3) is 16.7 Å². The summed E-state index contributed by atoms with van der Waals surface area (Å²) in [5.74, 6) is 0.742. The quantitative estimate of drug-likeness (QED) is 0.395. The fourth-order valence-corrected chi connectivity index (χ4v) is 4.21. The first-order valence-electron chi connectivity index (χ1n) is 9.55. The van der Waals surface area contributed by atoms with Crippen molar-refractivity contribution in [2.45, 2.75) is 43.4 Å². The van der Waals surface area contributed by atoms with E-state index < -0.39 is 11.7 Å². The first-order chi connectivity index (χ1) is 14.4. The van der Waals surface area contributed by atoms with Crippen LogP contribution < -0.4 is 5.56 Å². The molecule has 0 radical (unpaired) electrons. The number of thioether (sulfide) groups is 1. The molecule has 0 spiro atoms. The summed E-state index contributed by atoms with van der Waals surface area (Å²) in [7, 11) is 0. The first kappa shape index (κ1) is 20.5. The van der Waals surface area contributed by atoms with E-state index in [1.807, 2.05) is 23.5 Å². The molecule has 0 aliphatic carbocycles. The predicted octanol–water partition coefficient (Wildman–Crippen LogP) is 5.16. The van der Waals surface area contributed by atoms with Crippen molar-refractivity contribution in [1.29, 1.82) is 0 Å². The Labute approximate surface area is 174 Å². The molecule has 2 aromatic heterocycles. The Morgan fingerprint density at radius 2 is 1.87 bits per heavy atom. The summed E-state index contributed by atoms with van der Waals surface area (Å²) in [5.41, 5.74) is 0.427. The molecule has 0 unspecified atom stereocenters. The van der Waals surface area contributed by atoms with Crippen LogP contribution in [0.3, 0.4) is 0 Å². The number of hydrogen-bond donors (Lipinski definition) is 0. The largest absolute Gasteiger partial charge is 0.416 e. The Morgan fingerprint density at radius 1 is 1.07 bits per heavy atom. The van der Waals surface area contributed by atoms with Crippen molar-refractivity contribution in [3.63, 3.8) is 0 Å². The van der Waals surface area contributed by atoms with Gasteiger partial charge < -0.3 is 0 Å². The van der Waals surface area contributed by atoms with Crippen LogP contribution in [0.15, 0.2) is 58.5 Å². The first-order valence-corrected chi connectivity index (χ1v) is 10.5. The SMILES string of the molecule is CCCCn1c(=O)c2ccccc2n2c(SCc3cccc(C(F)(F)F)c3)nnc12. The molecule has 0 atom stereocenters. The monoisotopic (exact) mass is 432 g/mol. The number of fused-ring (bicyclic) bond motifs is 3. The number of benzene rings is 2. The number of nitrogens with zero attached hydrogens (tertiary/aromatic N) is 4. The van der Waals surface area contributed by atoms with Gasteiger partial charge >= 0.3 is 6.18 Å². The maximum atomic E-state index is 13.0. The highest BCUT2D eigenvalue weighted by Gasteiger charge is 2.30. The summed E-state index contributed by atoms with van der Waals surface area (Å²) in [4.78, 5) is 12.9. The van der Waals surface area contributed by atoms with E-state index in [0.717, 1.165) is 25.0 Å². The van der Waals surface area contributed by atoms with E-state index in [2.05, 4.69) is 10.2 Å². The number of hydrogen-bond acceptors (Lipinski definition) is 4. The van der Waals surface area contributed by atoms with Crippen LogP contribution in [0.1, 0.15) is 30.9 Å². The molecule has 2 aromatic carbocycles. The molecule has 4 aromatic rings. The van der Waals surface area contributed by atoms with E-state index in [4.69, 9.17) is 0 Å². The van der Waals surface area contributed by atoms with Crippen LogP contribution in [0.4, 0.5) is 13.2 Å². The second-order valence-corrected chi connectivity index (χ2v) is 7.87. The van der Waals surface area contributed by atoms with Gasteiger partial charge in [-0.2, -0.15) is 13.2 Å². The summed E-state index contributed by atoms with van der Waals surface area (Å²) >= 11 is 1.29. The minimum Gasteiger partial charge on any atom is -0.276 e. The summed E-state index contributed by atoms with van der Waals surface area (Å²) < 4.78 is 42.4. The molecule has 0 N–H and O–H groups in total. The van der Waals surface area contributed by atoms with Gasteiger partial charge in [-0.15, -0.1) is 10.2 Å². The van der Waals surface area contributed by atoms with Gasteiger partial charge in [-0.3, -0.25) is 13.8 Å². The van der Waals surface area contributed by atoms with Crippen LogP contribution in [0.2, 0.25) is 0 Å². The van der Waals surface area contributed by atoms with Gasteiger partial charge in [-0.1, -0.05) is 55.4 Å². The fourth-order valence-electron chi connectivity index (χ4n) is 3.33. The standard InChI is InChI=1S/C21H19F3N4OS/c1-2-3-11-27-18(29)16-9-4-5-10-17(16)28-19(27)25-26-20(28)30-13-14-7-6-8-15(12-14)21(22,23)24/h4-10,12H,2-3,11,13H2,1H3. The number of rotatable bonds is 6. The van der Waals surface area contributed by atoms with Gasteiger partial charge in [-0.25, -0.2) is 0 Å². The molecule has 0 bridgehead atoms. The van der Waals surface area contributed by atoms with Crippen molar-refractivity contribution in [1.82, 2.24) is 19.2 Å². The number of para-hydroxylation sites is 1. The third-order valence-corrected chi connectivity index (χ3v) is 5.84. The number of alkyl halides is 3. The Morgan fingerprint density at radius 3 is 2.63 bits per heavy atom. The summed E-state index contributed by atoms with van der Waals surface area (Å²) in [5, 5.41) is 9.55. The van der Waals surface area contributed by atoms with Crippen LogP contribution in [-0.4, -0.2) is 19.2 Å². The highest BCUT2D eigenvalue weighted by atomic mass is 32.2. The molecule has 156 valence electrons. The summed E-state index contributed by atoms with van der Waals surface area (Å²) in [6, 6.07) is 12.5. The third-order valence-electron chi connectivity index (χ3n) is 4.84. The van der Waals surface area contributed by atoms with E-state index in [0.29, 0.717) is 39.7 Å². The molecule has 0 saturated heterocycles. The lowest BCUT2D eigenvalue weighted by Crippen LogP contribution is -2.23. The van der Waals surface area contributed by atoms with E-state index in [1.54, 1.807) is 22.8 Å². The zero-order valence-corrected chi connectivity index (χ0v) is 17.0. The molecule has 9 heteroatoms. The lowest BCUT2D eigenvalue weighted by atomic mass is 10.1. The summed E-state index contributed by atoms with van der Waals surface area (Å²) in [6.07, 6.45) is -2.63. The lowest BCUT2D eigenvalue weighted by Gasteiger charge is -2.11. The van der Waals surface area contributed by atoms with Gasteiger partial charge in [0.25, 0.3) is 5.56 Å². The van der Waals surface area contributed by atoms with Crippen LogP contribution in [0, 0.1) is 0 Å². The predicted molar refractivity (Wildman–Crippen MR) is 111 cm³/mol. The smallest absolute Gasteiger partial charge is 0.276 e. The summed E-state index contributed by atoms with van der Waals surface area (Å²) in [6.45, 7) is 2.57. The zero-order valence-electron chi connectivity index (χ0n) is 16.2. The zero-order chi connectivity index (χ0) is 21.3. The second kappa shape index (κ2) is 8.14. The van der Waals surface area contributed by atoms with Gasteiger partial charge in [0.2, 0.25) is 5.78 Å². The van der Waals surface area contributed by atoms with E-state index >= 15 is 0 Å². The lowest BCUT2D eigenvalue weighted by molar-refractivity contribution is -0.137. The van der Waals surface area contributed by atoms with Crippen molar-refractivity contribution in [3.05, 3.63) is 70.0 Å². The maximum absolute atomic E-state index is 13.0. The molecule has 0 amide bonds. The van der Waals surface area contributed by atoms with Gasteiger partial charge in [0, 0.05) is 12.3 Å². The number of halogens is 3. The molecule has 4 rings (SSSR count). The van der Waals surface area contributed by atoms with Gasteiger partial charge in [-0.05, 0) is 30.2 Å². The number of unbranched alkanes of at least 4 members (excludes halogenated alkanes) is 1. The molecule has 30 heavy (non-hydrogen) atoms. The third kappa shape index (κ3) is 3.81. The average molecular weight is 432 g/mol. The second-order valence-electron chi connectivity index (χ2n) is 6.93. The van der Waals surface area contributed by atoms with Gasteiger partial charge in [0.1, 0.15) is 0 Å². The molecule has 5 nitrogen and oxygen atoms in total. The fraction of sp³-hybridized carbons (Fsp3) is 0.286. The highest BCUT2D eigenvalue weighted by molar-refractivity contribution is 7.98. The minimum absolute atomic E-state index is 0.117. The number of aryl methyl sites for hydroxylation is 1. The Bertz CT molecular complexity index is 1260. The Balaban J connectivity index is 1.76. The Kier molecular flexibility index (Phi) is 5.55. The molecule has 0 saturated carbocycles. The molecular formula is C21H19F3N4OS. The molecule has 0 fully saturated rings. The normalized spacial score (nSPS) is 12.1. The van der Waals surface area contributed by atoms with E-state index in [9.17, 15) is 18.0 Å². The van der Waals surface area contributed by atoms with E-state index in [1.165, 1.54) is 17.8 Å². The van der Waals surface area contributed by atoms with Crippen molar-refractivity contribution in [3.8, 4) is 0 Å². The van der Waals surface area contributed by atoms with Crippen molar-refractivity contribution in [2.75, 3.05) is 0 Å². The van der Waals surface area contributed by atoms with Gasteiger partial charge in [0.05, 0.1) is 16.5 Å². The van der Waals surface area contributed by atoms with Crippen molar-refractivity contribution >= 4 is 28.4 Å². The minimum atomic E-state index is -4.38. The van der Waals surface area contributed by atoms with Gasteiger partial charge in [0.15, 0.2) is 5.16 Å². The Hall–Kier alpha value is -2.81. The molecular weight excluding hydrogens is 413 g/mol. The van der Waals surface area contributed by atoms with E-state index in [-0.39, 0.29) is 5.56 Å². The molecule has 0 aliphatic heterocycles. The number of aromatic nitrogens is 4. The molecule has 2 heterocycles. The topological polar surface area (TPSA) is 52.2 Å². The average Bonchev–Trinajstić information content (AvgIpc) is 3.16. The van der Waals surface area contributed by atoms with Crippen LogP contribution in [-0.2, 0) is 18.5 Å². The van der Waals surface area contributed by atoms with Crippen molar-refractivity contribution in [2.24, 2.45) is 0 Å².